The Bertz CT molecular complexity index is 314. The van der Waals surface area contributed by atoms with Gasteiger partial charge in [0, 0.05) is 12.7 Å². The van der Waals surface area contributed by atoms with E-state index in [0.29, 0.717) is 0 Å². The number of aliphatic imine (C=N–C) groups is 1. The average Bonchev–Trinajstić information content (AvgIpc) is 2.26. The second-order valence-electron chi connectivity index (χ2n) is 2.59. The number of nitrogens with zero attached hydrogens (tertiary/aromatic N) is 1. The van der Waals surface area contributed by atoms with Crippen LogP contribution in [0.2, 0.25) is 0 Å². The molecule has 3 nitrogen and oxygen atoms in total. The second-order valence-corrected chi connectivity index (χ2v) is 3.38. The topological polar surface area (TPSA) is 33.6 Å². The third-order valence-corrected chi connectivity index (χ3v) is 2.41. The summed E-state index contributed by atoms with van der Waals surface area (Å²) in [5, 5.41) is 4.09. The van der Waals surface area contributed by atoms with Crippen molar-refractivity contribution in [3.05, 3.63) is 24.3 Å². The first kappa shape index (κ1) is 14.6. The Hall–Kier alpha value is -0.430. The first-order valence-corrected chi connectivity index (χ1v) is 5.44. The quantitative estimate of drug-likeness (QED) is 0.511. The third kappa shape index (κ3) is 4.74. The molecule has 0 unspecified atom stereocenters. The number of halogens is 1. The van der Waals surface area contributed by atoms with Crippen molar-refractivity contribution in [3.8, 4) is 5.75 Å². The van der Waals surface area contributed by atoms with Crippen molar-refractivity contribution in [2.45, 2.75) is 0 Å². The van der Waals surface area contributed by atoms with E-state index < -0.39 is 0 Å². The molecule has 1 aromatic rings. The summed E-state index contributed by atoms with van der Waals surface area (Å²) in [6.45, 7) is 0. The van der Waals surface area contributed by atoms with Gasteiger partial charge in [-0.2, -0.15) is 0 Å². The van der Waals surface area contributed by atoms with E-state index in [1.807, 2.05) is 30.5 Å². The van der Waals surface area contributed by atoms with Gasteiger partial charge in [0.2, 0.25) is 0 Å². The van der Waals surface area contributed by atoms with E-state index >= 15 is 0 Å². The zero-order chi connectivity index (χ0) is 10.4. The van der Waals surface area contributed by atoms with Crippen LogP contribution in [0, 0.1) is 0 Å². The summed E-state index contributed by atoms with van der Waals surface area (Å²) in [4.78, 5) is 4.08. The lowest BCUT2D eigenvalue weighted by atomic mass is 10.3. The number of ether oxygens (including phenoxy) is 1. The van der Waals surface area contributed by atoms with E-state index in [1.165, 1.54) is 0 Å². The Morgan fingerprint density at radius 1 is 1.33 bits per heavy atom. The standard InChI is InChI=1S/C10H14N2OS.HI/c1-11-10(14-3)12-8-4-6-9(13-2)7-5-8;/h4-7H,1-3H3,(H,11,12);1H. The fraction of sp³-hybridized carbons (Fsp3) is 0.300. The number of benzene rings is 1. The van der Waals surface area contributed by atoms with E-state index in [4.69, 9.17) is 4.74 Å². The number of hydrogen-bond acceptors (Lipinski definition) is 3. The van der Waals surface area contributed by atoms with E-state index in [2.05, 4.69) is 10.3 Å². The molecule has 0 aliphatic rings. The largest absolute Gasteiger partial charge is 0.497 e. The van der Waals surface area contributed by atoms with Crippen molar-refractivity contribution in [1.29, 1.82) is 0 Å². The summed E-state index contributed by atoms with van der Waals surface area (Å²) in [5.74, 6) is 0.856. The normalized spacial score (nSPS) is 10.5. The molecule has 0 fully saturated rings. The number of anilines is 1. The third-order valence-electron chi connectivity index (χ3n) is 1.74. The van der Waals surface area contributed by atoms with Crippen LogP contribution in [0.4, 0.5) is 5.69 Å². The van der Waals surface area contributed by atoms with Gasteiger partial charge >= 0.3 is 0 Å². The summed E-state index contributed by atoms with van der Waals surface area (Å²) in [7, 11) is 3.42. The number of rotatable bonds is 2. The molecule has 0 aromatic heterocycles. The van der Waals surface area contributed by atoms with Crippen LogP contribution in [0.25, 0.3) is 0 Å². The fourth-order valence-corrected chi connectivity index (χ4v) is 1.40. The zero-order valence-electron chi connectivity index (χ0n) is 8.98. The fourth-order valence-electron chi connectivity index (χ4n) is 0.996. The highest BCUT2D eigenvalue weighted by Crippen LogP contribution is 2.16. The predicted molar refractivity (Wildman–Crippen MR) is 78.9 cm³/mol. The molecule has 0 aliphatic carbocycles. The van der Waals surface area contributed by atoms with Gasteiger partial charge in [-0.1, -0.05) is 11.8 Å². The van der Waals surface area contributed by atoms with Crippen molar-refractivity contribution in [3.63, 3.8) is 0 Å². The summed E-state index contributed by atoms with van der Waals surface area (Å²) in [6, 6.07) is 7.74. The predicted octanol–water partition coefficient (Wildman–Crippen LogP) is 3.07. The van der Waals surface area contributed by atoms with E-state index in [9.17, 15) is 0 Å². The molecular formula is C10H15IN2OS. The molecule has 0 spiro atoms. The molecular weight excluding hydrogens is 323 g/mol. The molecule has 1 rings (SSSR count). The first-order chi connectivity index (χ1) is 6.80. The number of nitrogens with one attached hydrogen (secondary N) is 1. The molecule has 1 N–H and O–H groups in total. The molecule has 0 amide bonds. The van der Waals surface area contributed by atoms with Crippen LogP contribution in [-0.4, -0.2) is 25.6 Å². The van der Waals surface area contributed by atoms with Gasteiger partial charge in [0.15, 0.2) is 5.17 Å². The van der Waals surface area contributed by atoms with Crippen molar-refractivity contribution < 1.29 is 4.74 Å². The SMILES string of the molecule is CN=C(Nc1ccc(OC)cc1)SC.I. The lowest BCUT2D eigenvalue weighted by Gasteiger charge is -2.07. The number of hydrogen-bond donors (Lipinski definition) is 1. The van der Waals surface area contributed by atoms with Gasteiger partial charge in [0.25, 0.3) is 0 Å². The summed E-state index contributed by atoms with van der Waals surface area (Å²) >= 11 is 1.58. The summed E-state index contributed by atoms with van der Waals surface area (Å²) in [6.07, 6.45) is 1.98. The monoisotopic (exact) mass is 338 g/mol. The minimum atomic E-state index is 0. The highest BCUT2D eigenvalue weighted by molar-refractivity contribution is 14.0. The van der Waals surface area contributed by atoms with Gasteiger partial charge in [0.05, 0.1) is 7.11 Å². The van der Waals surface area contributed by atoms with Crippen molar-refractivity contribution in [2.75, 3.05) is 25.7 Å². The Morgan fingerprint density at radius 3 is 2.33 bits per heavy atom. The van der Waals surface area contributed by atoms with Gasteiger partial charge in [-0.15, -0.1) is 24.0 Å². The molecule has 0 atom stereocenters. The number of amidine groups is 1. The van der Waals surface area contributed by atoms with Gasteiger partial charge in [-0.3, -0.25) is 4.99 Å². The van der Waals surface area contributed by atoms with Crippen LogP contribution in [0.3, 0.4) is 0 Å². The number of methoxy groups -OCH3 is 1. The molecule has 0 heterocycles. The lowest BCUT2D eigenvalue weighted by Crippen LogP contribution is -2.06. The molecule has 0 saturated heterocycles. The van der Waals surface area contributed by atoms with Crippen molar-refractivity contribution >= 4 is 46.6 Å². The second kappa shape index (κ2) is 7.81. The first-order valence-electron chi connectivity index (χ1n) is 4.22. The molecule has 84 valence electrons. The van der Waals surface area contributed by atoms with Gasteiger partial charge in [-0.25, -0.2) is 0 Å². The molecule has 0 saturated carbocycles. The zero-order valence-corrected chi connectivity index (χ0v) is 12.1. The van der Waals surface area contributed by atoms with Crippen LogP contribution >= 0.6 is 35.7 Å². The van der Waals surface area contributed by atoms with Crippen LogP contribution in [0.1, 0.15) is 0 Å². The van der Waals surface area contributed by atoms with Gasteiger partial charge in [-0.05, 0) is 30.5 Å². The van der Waals surface area contributed by atoms with Crippen molar-refractivity contribution in [1.82, 2.24) is 0 Å². The van der Waals surface area contributed by atoms with Crippen LogP contribution in [0.5, 0.6) is 5.75 Å². The highest BCUT2D eigenvalue weighted by Gasteiger charge is 1.97. The van der Waals surface area contributed by atoms with Crippen LogP contribution in [-0.2, 0) is 0 Å². The highest BCUT2D eigenvalue weighted by atomic mass is 127. The van der Waals surface area contributed by atoms with Crippen LogP contribution in [0.15, 0.2) is 29.3 Å². The molecule has 5 heteroatoms. The summed E-state index contributed by atoms with van der Waals surface area (Å²) < 4.78 is 5.06. The Balaban J connectivity index is 0.00000196. The Kier molecular flexibility index (Phi) is 7.59. The maximum atomic E-state index is 5.06. The lowest BCUT2D eigenvalue weighted by molar-refractivity contribution is 0.415. The summed E-state index contributed by atoms with van der Waals surface area (Å²) in [5.41, 5.74) is 1.01. The Morgan fingerprint density at radius 2 is 1.93 bits per heavy atom. The maximum Gasteiger partial charge on any atom is 0.160 e. The van der Waals surface area contributed by atoms with E-state index in [-0.39, 0.29) is 24.0 Å². The maximum absolute atomic E-state index is 5.06. The number of thioether (sulfide) groups is 1. The molecule has 0 bridgehead atoms. The molecule has 0 radical (unpaired) electrons. The minimum Gasteiger partial charge on any atom is -0.497 e. The van der Waals surface area contributed by atoms with Gasteiger partial charge < -0.3 is 10.1 Å². The molecule has 15 heavy (non-hydrogen) atoms. The Labute approximate surface area is 112 Å². The van der Waals surface area contributed by atoms with Gasteiger partial charge in [0.1, 0.15) is 5.75 Å². The molecule has 1 aromatic carbocycles. The minimum absolute atomic E-state index is 0. The smallest absolute Gasteiger partial charge is 0.160 e. The van der Waals surface area contributed by atoms with Crippen molar-refractivity contribution in [2.24, 2.45) is 4.99 Å². The van der Waals surface area contributed by atoms with Crippen LogP contribution < -0.4 is 10.1 Å². The van der Waals surface area contributed by atoms with E-state index in [1.54, 1.807) is 25.9 Å². The molecule has 0 aliphatic heterocycles. The van der Waals surface area contributed by atoms with E-state index in [0.717, 1.165) is 16.6 Å². The average molecular weight is 338 g/mol.